The van der Waals surface area contributed by atoms with Crippen molar-refractivity contribution in [1.29, 1.82) is 10.5 Å². The molecule has 0 aliphatic carbocycles. The molecule has 28 heavy (non-hydrogen) atoms. The van der Waals surface area contributed by atoms with Gasteiger partial charge in [-0.25, -0.2) is 28.9 Å². The maximum atomic E-state index is 12.3. The van der Waals surface area contributed by atoms with E-state index in [1.54, 1.807) is 12.1 Å². The van der Waals surface area contributed by atoms with Crippen molar-refractivity contribution >= 4 is 46.0 Å². The van der Waals surface area contributed by atoms with Crippen molar-refractivity contribution in [3.8, 4) is 12.1 Å². The van der Waals surface area contributed by atoms with E-state index in [9.17, 15) is 29.7 Å². The predicted octanol–water partition coefficient (Wildman–Crippen LogP) is 2.31. The van der Waals surface area contributed by atoms with Crippen LogP contribution in [0.25, 0.3) is 20.5 Å². The minimum Gasteiger partial charge on any atom is -0.388 e. The fourth-order valence-corrected chi connectivity index (χ4v) is 3.34. The summed E-state index contributed by atoms with van der Waals surface area (Å²) in [5.41, 5.74) is -4.41. The number of ether oxygens (including phenoxy) is 2. The highest BCUT2D eigenvalue weighted by Gasteiger charge is 2.43. The molecular weight excluding hydrogens is 368 g/mol. The Morgan fingerprint density at radius 3 is 1.29 bits per heavy atom. The SMILES string of the molecule is [C-]#[N+]c1c(C#N)c2c3c(c(C#N)c([N+]#[C-])c4c3c1C(=O)OC4=O)C(=O)OC2=O. The lowest BCUT2D eigenvalue weighted by molar-refractivity contribution is 0.0366. The molecule has 0 N–H and O–H groups in total. The van der Waals surface area contributed by atoms with Gasteiger partial charge in [0.25, 0.3) is 0 Å². The summed E-state index contributed by atoms with van der Waals surface area (Å²) in [5, 5.41) is 18.2. The van der Waals surface area contributed by atoms with E-state index in [0.29, 0.717) is 0 Å². The number of hydrogen-bond acceptors (Lipinski definition) is 8. The molecule has 0 spiro atoms. The van der Waals surface area contributed by atoms with Crippen LogP contribution in [0.4, 0.5) is 11.4 Å². The highest BCUT2D eigenvalue weighted by Crippen LogP contribution is 2.48. The zero-order chi connectivity index (χ0) is 20.3. The van der Waals surface area contributed by atoms with Gasteiger partial charge in [0.2, 0.25) is 11.4 Å². The van der Waals surface area contributed by atoms with Crippen LogP contribution in [0.5, 0.6) is 0 Å². The Labute approximate surface area is 154 Å². The number of benzene rings is 2. The smallest absolute Gasteiger partial charge is 0.346 e. The predicted molar refractivity (Wildman–Crippen MR) is 85.4 cm³/mol. The Kier molecular flexibility index (Phi) is 3.06. The molecule has 0 radical (unpaired) electrons. The summed E-state index contributed by atoms with van der Waals surface area (Å²) in [6.07, 6.45) is 0. The van der Waals surface area contributed by atoms with E-state index in [4.69, 9.17) is 13.1 Å². The van der Waals surface area contributed by atoms with Crippen LogP contribution in [-0.4, -0.2) is 23.9 Å². The van der Waals surface area contributed by atoms with Gasteiger partial charge in [-0.3, -0.25) is 0 Å². The van der Waals surface area contributed by atoms with Gasteiger partial charge >= 0.3 is 23.9 Å². The molecule has 128 valence electrons. The van der Waals surface area contributed by atoms with Crippen LogP contribution in [0.1, 0.15) is 52.6 Å². The summed E-state index contributed by atoms with van der Waals surface area (Å²) in [4.78, 5) is 55.6. The van der Waals surface area contributed by atoms with Crippen LogP contribution in [0.3, 0.4) is 0 Å². The Balaban J connectivity index is 2.54. The highest BCUT2D eigenvalue weighted by molar-refractivity contribution is 6.34. The molecule has 0 atom stereocenters. The summed E-state index contributed by atoms with van der Waals surface area (Å²) < 4.78 is 9.17. The van der Waals surface area contributed by atoms with Crippen LogP contribution in [0, 0.1) is 35.8 Å². The van der Waals surface area contributed by atoms with Gasteiger partial charge in [-0.05, 0) is 5.39 Å². The van der Waals surface area contributed by atoms with E-state index >= 15 is 0 Å². The molecule has 2 aliphatic rings. The molecule has 0 saturated heterocycles. The average molecular weight is 368 g/mol. The molecule has 2 aromatic carbocycles. The van der Waals surface area contributed by atoms with Crippen LogP contribution >= 0.6 is 0 Å². The maximum absolute atomic E-state index is 12.3. The van der Waals surface area contributed by atoms with Gasteiger partial charge in [0, 0.05) is 5.39 Å². The fraction of sp³-hybridized carbons (Fsp3) is 0. The van der Waals surface area contributed by atoms with Crippen molar-refractivity contribution < 1.29 is 28.7 Å². The monoisotopic (exact) mass is 368 g/mol. The van der Waals surface area contributed by atoms with Gasteiger partial charge in [0.05, 0.1) is 58.7 Å². The summed E-state index contributed by atoms with van der Waals surface area (Å²) in [7, 11) is 0. The summed E-state index contributed by atoms with van der Waals surface area (Å²) >= 11 is 0. The number of cyclic esters (lactones) is 4. The molecule has 2 aromatic rings. The van der Waals surface area contributed by atoms with Gasteiger partial charge in [-0.1, -0.05) is 0 Å². The van der Waals surface area contributed by atoms with Gasteiger partial charge in [0.1, 0.15) is 0 Å². The van der Waals surface area contributed by atoms with Crippen LogP contribution in [-0.2, 0) is 9.47 Å². The third-order valence-electron chi connectivity index (χ3n) is 4.33. The van der Waals surface area contributed by atoms with E-state index in [2.05, 4.69) is 19.2 Å². The third-order valence-corrected chi connectivity index (χ3v) is 4.33. The maximum Gasteiger partial charge on any atom is 0.346 e. The van der Waals surface area contributed by atoms with Crippen molar-refractivity contribution in [2.45, 2.75) is 0 Å². The van der Waals surface area contributed by atoms with E-state index in [1.807, 2.05) is 0 Å². The second kappa shape index (κ2) is 5.22. The zero-order valence-electron chi connectivity index (χ0n) is 13.2. The normalized spacial score (nSPS) is 13.7. The van der Waals surface area contributed by atoms with Crippen molar-refractivity contribution in [1.82, 2.24) is 0 Å². The highest BCUT2D eigenvalue weighted by atomic mass is 16.6. The van der Waals surface area contributed by atoms with E-state index in [-0.39, 0.29) is 10.8 Å². The van der Waals surface area contributed by atoms with E-state index in [1.165, 1.54) is 0 Å². The Morgan fingerprint density at radius 2 is 0.964 bits per heavy atom. The number of carbonyl (C=O) groups is 4. The van der Waals surface area contributed by atoms with Crippen LogP contribution < -0.4 is 0 Å². The first-order chi connectivity index (χ1) is 13.4. The summed E-state index contributed by atoms with van der Waals surface area (Å²) in [6.45, 7) is 14.6. The molecule has 4 rings (SSSR count). The topological polar surface area (TPSA) is 143 Å². The van der Waals surface area contributed by atoms with E-state index < -0.39 is 68.6 Å². The third kappa shape index (κ3) is 1.65. The molecule has 0 bridgehead atoms. The molecule has 0 unspecified atom stereocenters. The summed E-state index contributed by atoms with van der Waals surface area (Å²) in [6, 6.07) is 3.24. The average Bonchev–Trinajstić information content (AvgIpc) is 2.67. The van der Waals surface area contributed by atoms with Gasteiger partial charge in [-0.2, -0.15) is 10.5 Å². The number of hydrogen-bond donors (Lipinski definition) is 0. The quantitative estimate of drug-likeness (QED) is 0.391. The Hall–Kier alpha value is -5.06. The molecule has 10 nitrogen and oxygen atoms in total. The Bertz CT molecular complexity index is 1210. The zero-order valence-corrected chi connectivity index (χ0v) is 13.2. The van der Waals surface area contributed by atoms with Crippen molar-refractivity contribution in [3.05, 3.63) is 56.2 Å². The molecule has 0 aromatic heterocycles. The molecule has 0 saturated carbocycles. The number of nitrogens with zero attached hydrogens (tertiary/aromatic N) is 4. The van der Waals surface area contributed by atoms with Crippen LogP contribution in [0.15, 0.2) is 0 Å². The molecule has 2 heterocycles. The lowest BCUT2D eigenvalue weighted by Gasteiger charge is -2.25. The largest absolute Gasteiger partial charge is 0.388 e. The van der Waals surface area contributed by atoms with Crippen molar-refractivity contribution in [2.75, 3.05) is 0 Å². The molecule has 0 fully saturated rings. The van der Waals surface area contributed by atoms with Gasteiger partial charge < -0.3 is 9.47 Å². The van der Waals surface area contributed by atoms with Crippen LogP contribution in [0.2, 0.25) is 0 Å². The first-order valence-electron chi connectivity index (χ1n) is 7.22. The number of nitriles is 2. The molecule has 2 aliphatic heterocycles. The summed E-state index contributed by atoms with van der Waals surface area (Å²) in [5.74, 6) is -5.10. The van der Waals surface area contributed by atoms with Crippen molar-refractivity contribution in [2.24, 2.45) is 0 Å². The fourth-order valence-electron chi connectivity index (χ4n) is 3.34. The van der Waals surface area contributed by atoms with Crippen molar-refractivity contribution in [3.63, 3.8) is 0 Å². The first-order valence-corrected chi connectivity index (χ1v) is 7.22. The number of rotatable bonds is 0. The minimum atomic E-state index is -1.28. The van der Waals surface area contributed by atoms with Gasteiger partial charge in [0.15, 0.2) is 0 Å². The van der Waals surface area contributed by atoms with E-state index in [0.717, 1.165) is 0 Å². The lowest BCUT2D eigenvalue weighted by atomic mass is 9.82. The van der Waals surface area contributed by atoms with Gasteiger partial charge in [-0.15, -0.1) is 0 Å². The molecule has 0 amide bonds. The standard InChI is InChI=1S/C18N4O6/c1-21-13-5(3-19)7-9-8(16(24)27-15(7)23)6(4-20)14(22-2)12-10(9)11(13)17(25)28-18(12)26. The second-order valence-electron chi connectivity index (χ2n) is 5.50. The number of carbonyl (C=O) groups excluding carboxylic acids is 4. The Morgan fingerprint density at radius 1 is 0.643 bits per heavy atom. The number of esters is 4. The second-order valence-corrected chi connectivity index (χ2v) is 5.50. The lowest BCUT2D eigenvalue weighted by Crippen LogP contribution is -2.27. The first kappa shape index (κ1) is 16.4. The molecule has 10 heteroatoms. The minimum absolute atomic E-state index is 0.355. The molecular formula is C18N4O6.